The molecule has 1 atom stereocenters. The number of fused-ring (bicyclic) bond motifs is 2. The second-order valence-corrected chi connectivity index (χ2v) is 11.2. The topological polar surface area (TPSA) is 111 Å². The normalized spacial score (nSPS) is 12.8. The van der Waals surface area contributed by atoms with Crippen LogP contribution >= 0.6 is 11.8 Å². The molecule has 9 heteroatoms. The Kier molecular flexibility index (Phi) is 6.70. The maximum absolute atomic E-state index is 14.0. The van der Waals surface area contributed by atoms with Crippen molar-refractivity contribution in [1.29, 1.82) is 0 Å². The van der Waals surface area contributed by atoms with E-state index < -0.39 is 15.3 Å². The summed E-state index contributed by atoms with van der Waals surface area (Å²) >= 11 is 1.38. The number of aromatic nitrogens is 3. The number of carbonyl (C=O) groups is 1. The molecule has 0 radical (unpaired) electrons. The van der Waals surface area contributed by atoms with E-state index in [2.05, 4.69) is 16.5 Å². The van der Waals surface area contributed by atoms with Crippen LogP contribution in [0.15, 0.2) is 89.0 Å². The van der Waals surface area contributed by atoms with Gasteiger partial charge in [0.05, 0.1) is 15.9 Å². The molecule has 3 N–H and O–H groups in total. The van der Waals surface area contributed by atoms with Gasteiger partial charge in [0.1, 0.15) is 5.25 Å². The number of primary sulfonamides is 1. The number of nitrogens with two attached hydrogens (primary N) is 1. The number of benzene rings is 3. The van der Waals surface area contributed by atoms with Crippen LogP contribution in [0.3, 0.4) is 0 Å². The van der Waals surface area contributed by atoms with E-state index in [9.17, 15) is 13.2 Å². The summed E-state index contributed by atoms with van der Waals surface area (Å²) in [6.45, 7) is 2.81. The van der Waals surface area contributed by atoms with Crippen molar-refractivity contribution in [2.45, 2.75) is 41.6 Å². The molecule has 7 nitrogen and oxygen atoms in total. The van der Waals surface area contributed by atoms with Gasteiger partial charge in [0.15, 0.2) is 10.9 Å². The highest BCUT2D eigenvalue weighted by molar-refractivity contribution is 8.00. The summed E-state index contributed by atoms with van der Waals surface area (Å²) in [4.78, 5) is 22.0. The predicted octanol–water partition coefficient (Wildman–Crippen LogP) is 5.68. The molecule has 36 heavy (non-hydrogen) atoms. The zero-order valence-electron chi connectivity index (χ0n) is 19.7. The Labute approximate surface area is 213 Å². The van der Waals surface area contributed by atoms with Gasteiger partial charge in [0.2, 0.25) is 10.0 Å². The number of aryl methyl sites for hydroxylation is 1. The molecule has 5 aromatic rings. The lowest BCUT2D eigenvalue weighted by molar-refractivity contribution is 0.0991. The number of hydrogen-bond donors (Lipinski definition) is 2. The molecule has 0 aliphatic carbocycles. The maximum Gasteiger partial charge on any atom is 0.238 e. The largest absolute Gasteiger partial charge is 0.360 e. The number of sulfonamides is 1. The van der Waals surface area contributed by atoms with Crippen LogP contribution in [-0.4, -0.2) is 28.7 Å². The minimum atomic E-state index is -3.86. The molecule has 0 saturated heterocycles. The number of hydrogen-bond acceptors (Lipinski definition) is 5. The van der Waals surface area contributed by atoms with E-state index in [0.29, 0.717) is 22.8 Å². The average Bonchev–Trinajstić information content (AvgIpc) is 3.46. The van der Waals surface area contributed by atoms with Gasteiger partial charge in [0.25, 0.3) is 0 Å². The van der Waals surface area contributed by atoms with Crippen molar-refractivity contribution in [3.05, 3.63) is 90.1 Å². The first-order chi connectivity index (χ1) is 17.4. The monoisotopic (exact) mass is 518 g/mol. The standard InChI is InChI=1S/C27H26N4O3S2/c1-2-3-15-31-24-14-13-19(36(28,33)34)16-23(24)30-27(31)35-26(18-9-5-4-6-10-18)25(32)21-17-29-22-12-8-7-11-20(21)22/h4-14,16-17,26,29H,2-3,15H2,1H3,(H2,28,33,34)/t26-/m0/s1. The molecule has 2 heterocycles. The highest BCUT2D eigenvalue weighted by Gasteiger charge is 2.28. The first-order valence-electron chi connectivity index (χ1n) is 11.7. The Morgan fingerprint density at radius 1 is 1.08 bits per heavy atom. The molecule has 2 aromatic heterocycles. The summed E-state index contributed by atoms with van der Waals surface area (Å²) in [6, 6.07) is 22.1. The summed E-state index contributed by atoms with van der Waals surface area (Å²) in [7, 11) is -3.86. The van der Waals surface area contributed by atoms with Gasteiger partial charge in [0, 0.05) is 29.2 Å². The fraction of sp³-hybridized carbons (Fsp3) is 0.185. The minimum absolute atomic E-state index is 0.0150. The maximum atomic E-state index is 14.0. The Morgan fingerprint density at radius 3 is 2.58 bits per heavy atom. The molecule has 0 saturated carbocycles. The quantitative estimate of drug-likeness (QED) is 0.193. The van der Waals surface area contributed by atoms with Crippen LogP contribution in [-0.2, 0) is 16.6 Å². The van der Waals surface area contributed by atoms with E-state index in [1.165, 1.54) is 23.9 Å². The summed E-state index contributed by atoms with van der Waals surface area (Å²) in [5, 5.41) is 6.35. The number of rotatable bonds is 9. The van der Waals surface area contributed by atoms with Crippen LogP contribution < -0.4 is 5.14 Å². The molecule has 0 unspecified atom stereocenters. The van der Waals surface area contributed by atoms with Crippen molar-refractivity contribution in [1.82, 2.24) is 14.5 Å². The number of carbonyl (C=O) groups excluding carboxylic acids is 1. The lowest BCUT2D eigenvalue weighted by Crippen LogP contribution is -2.12. The van der Waals surface area contributed by atoms with E-state index in [4.69, 9.17) is 10.1 Å². The third-order valence-electron chi connectivity index (χ3n) is 6.17. The van der Waals surface area contributed by atoms with Crippen molar-refractivity contribution >= 4 is 49.5 Å². The molecular weight excluding hydrogens is 492 g/mol. The molecule has 0 fully saturated rings. The van der Waals surface area contributed by atoms with Crippen LogP contribution in [0.4, 0.5) is 0 Å². The van der Waals surface area contributed by atoms with E-state index in [0.717, 1.165) is 34.8 Å². The second kappa shape index (κ2) is 9.93. The van der Waals surface area contributed by atoms with Gasteiger partial charge in [-0.05, 0) is 36.2 Å². The number of nitrogens with one attached hydrogen (secondary N) is 1. The van der Waals surface area contributed by atoms with Gasteiger partial charge >= 0.3 is 0 Å². The molecular formula is C27H26N4O3S2. The molecule has 0 aliphatic rings. The van der Waals surface area contributed by atoms with Gasteiger partial charge in [-0.3, -0.25) is 4.79 Å². The van der Waals surface area contributed by atoms with E-state index in [1.54, 1.807) is 12.3 Å². The molecule has 184 valence electrons. The SMILES string of the molecule is CCCCn1c(S[C@H](C(=O)c2c[nH]c3ccccc23)c2ccccc2)nc2cc(S(N)(=O)=O)ccc21. The number of H-pyrrole nitrogens is 1. The number of nitrogens with zero attached hydrogens (tertiary/aromatic N) is 2. The molecule has 0 bridgehead atoms. The summed E-state index contributed by atoms with van der Waals surface area (Å²) in [5.74, 6) is -0.0250. The van der Waals surface area contributed by atoms with Crippen LogP contribution in [0.25, 0.3) is 21.9 Å². The molecule has 0 amide bonds. The lowest BCUT2D eigenvalue weighted by atomic mass is 10.0. The van der Waals surface area contributed by atoms with Gasteiger partial charge in [-0.2, -0.15) is 0 Å². The Hall–Kier alpha value is -3.40. The highest BCUT2D eigenvalue weighted by atomic mass is 32.2. The van der Waals surface area contributed by atoms with Gasteiger partial charge in [-0.1, -0.05) is 73.6 Å². The van der Waals surface area contributed by atoms with Crippen LogP contribution in [0.1, 0.15) is 40.9 Å². The smallest absolute Gasteiger partial charge is 0.238 e. The van der Waals surface area contributed by atoms with Crippen molar-refractivity contribution < 1.29 is 13.2 Å². The zero-order valence-corrected chi connectivity index (χ0v) is 21.4. The molecule has 0 aliphatic heterocycles. The highest BCUT2D eigenvalue weighted by Crippen LogP contribution is 2.40. The lowest BCUT2D eigenvalue weighted by Gasteiger charge is -2.17. The molecule has 3 aromatic carbocycles. The zero-order chi connectivity index (χ0) is 25.3. The minimum Gasteiger partial charge on any atom is -0.360 e. The first kappa shape index (κ1) is 24.3. The number of imidazole rings is 1. The Balaban J connectivity index is 1.62. The summed E-state index contributed by atoms with van der Waals surface area (Å²) in [6.07, 6.45) is 3.67. The van der Waals surface area contributed by atoms with Crippen molar-refractivity contribution in [2.75, 3.05) is 0 Å². The van der Waals surface area contributed by atoms with E-state index >= 15 is 0 Å². The number of thioether (sulfide) groups is 1. The number of para-hydroxylation sites is 1. The fourth-order valence-electron chi connectivity index (χ4n) is 4.31. The van der Waals surface area contributed by atoms with Crippen LogP contribution in [0.5, 0.6) is 0 Å². The van der Waals surface area contributed by atoms with Gasteiger partial charge in [-0.15, -0.1) is 0 Å². The van der Waals surface area contributed by atoms with E-state index in [1.807, 2.05) is 54.6 Å². The second-order valence-electron chi connectivity index (χ2n) is 8.62. The van der Waals surface area contributed by atoms with Crippen LogP contribution in [0, 0.1) is 0 Å². The van der Waals surface area contributed by atoms with E-state index in [-0.39, 0.29) is 10.7 Å². The number of Topliss-reactive ketones (excluding diaryl/α,β-unsaturated/α-hetero) is 1. The van der Waals surface area contributed by atoms with Crippen molar-refractivity contribution in [3.63, 3.8) is 0 Å². The fourth-order valence-corrected chi connectivity index (χ4v) is 6.05. The predicted molar refractivity (Wildman–Crippen MR) is 144 cm³/mol. The Morgan fingerprint density at radius 2 is 1.83 bits per heavy atom. The molecule has 0 spiro atoms. The van der Waals surface area contributed by atoms with Gasteiger partial charge in [-0.25, -0.2) is 18.5 Å². The number of unbranched alkanes of at least 4 members (excludes halogenated alkanes) is 1. The number of ketones is 1. The van der Waals surface area contributed by atoms with Gasteiger partial charge < -0.3 is 9.55 Å². The summed E-state index contributed by atoms with van der Waals surface area (Å²) < 4.78 is 25.9. The summed E-state index contributed by atoms with van der Waals surface area (Å²) in [5.41, 5.74) is 3.75. The third kappa shape index (κ3) is 4.69. The number of aromatic amines is 1. The average molecular weight is 519 g/mol. The first-order valence-corrected chi connectivity index (χ1v) is 14.1. The molecule has 5 rings (SSSR count). The van der Waals surface area contributed by atoms with Crippen molar-refractivity contribution in [2.24, 2.45) is 5.14 Å². The Bertz CT molecular complexity index is 1660. The van der Waals surface area contributed by atoms with Crippen LogP contribution in [0.2, 0.25) is 0 Å². The third-order valence-corrected chi connectivity index (χ3v) is 8.32. The van der Waals surface area contributed by atoms with Crippen molar-refractivity contribution in [3.8, 4) is 0 Å².